The van der Waals surface area contributed by atoms with Gasteiger partial charge in [-0.1, -0.05) is 42.5 Å². The van der Waals surface area contributed by atoms with Crippen LogP contribution in [0.4, 0.5) is 0 Å². The fourth-order valence-electron chi connectivity index (χ4n) is 4.02. The Labute approximate surface area is 156 Å². The van der Waals surface area contributed by atoms with Crippen LogP contribution in [0.2, 0.25) is 0 Å². The van der Waals surface area contributed by atoms with Gasteiger partial charge in [0, 0.05) is 32.7 Å². The molecule has 0 aromatic heterocycles. The highest BCUT2D eigenvalue weighted by Crippen LogP contribution is 2.24. The van der Waals surface area contributed by atoms with Gasteiger partial charge < -0.3 is 4.90 Å². The van der Waals surface area contributed by atoms with Crippen LogP contribution in [0, 0.1) is 5.92 Å². The number of allylic oxidation sites excluding steroid dienone is 2. The molecule has 0 amide bonds. The van der Waals surface area contributed by atoms with Crippen LogP contribution in [0.5, 0.6) is 0 Å². The number of nitrogens with zero attached hydrogens (tertiary/aromatic N) is 2. The van der Waals surface area contributed by atoms with E-state index in [4.69, 9.17) is 0 Å². The molecule has 2 aromatic rings. The van der Waals surface area contributed by atoms with Crippen LogP contribution in [-0.4, -0.2) is 50.3 Å². The van der Waals surface area contributed by atoms with Crippen LogP contribution in [0.3, 0.4) is 0 Å². The highest BCUT2D eigenvalue weighted by atomic mass is 32.2. The highest BCUT2D eigenvalue weighted by molar-refractivity contribution is 7.89. The third kappa shape index (κ3) is 3.70. The van der Waals surface area contributed by atoms with Gasteiger partial charge in [0.2, 0.25) is 10.0 Å². The summed E-state index contributed by atoms with van der Waals surface area (Å²) in [6, 6.07) is 13.3. The molecule has 0 unspecified atom stereocenters. The molecule has 2 aliphatic rings. The lowest BCUT2D eigenvalue weighted by atomic mass is 9.94. The zero-order valence-electron chi connectivity index (χ0n) is 15.0. The Morgan fingerprint density at radius 2 is 1.69 bits per heavy atom. The zero-order chi connectivity index (χ0) is 18.0. The number of benzene rings is 2. The third-order valence-electron chi connectivity index (χ3n) is 5.58. The molecule has 0 N–H and O–H groups in total. The second kappa shape index (κ2) is 7.51. The van der Waals surface area contributed by atoms with Gasteiger partial charge in [-0.25, -0.2) is 8.42 Å². The van der Waals surface area contributed by atoms with E-state index in [1.54, 1.807) is 16.4 Å². The van der Waals surface area contributed by atoms with Gasteiger partial charge in [0.05, 0.1) is 4.90 Å². The van der Waals surface area contributed by atoms with Crippen molar-refractivity contribution in [2.45, 2.75) is 24.2 Å². The fourth-order valence-corrected chi connectivity index (χ4v) is 5.47. The maximum absolute atomic E-state index is 13.0. The minimum Gasteiger partial charge on any atom is -0.300 e. The van der Waals surface area contributed by atoms with Crippen LogP contribution >= 0.6 is 0 Å². The number of sulfonamides is 1. The van der Waals surface area contributed by atoms with Crippen molar-refractivity contribution >= 4 is 20.8 Å². The minimum atomic E-state index is -3.41. The van der Waals surface area contributed by atoms with E-state index in [2.05, 4.69) is 17.1 Å². The van der Waals surface area contributed by atoms with Gasteiger partial charge in [0.25, 0.3) is 0 Å². The molecule has 1 aliphatic carbocycles. The van der Waals surface area contributed by atoms with E-state index in [9.17, 15) is 8.42 Å². The SMILES string of the molecule is O=S(=O)(c1ccc2ccccc2c1)N1CCN(C[C@@H]2CC=CCC2)CC1. The largest absolute Gasteiger partial charge is 0.300 e. The maximum Gasteiger partial charge on any atom is 0.243 e. The lowest BCUT2D eigenvalue weighted by Crippen LogP contribution is -2.49. The Bertz CT molecular complexity index is 899. The molecule has 1 saturated heterocycles. The predicted octanol–water partition coefficient (Wildman–Crippen LogP) is 3.50. The Morgan fingerprint density at radius 3 is 2.42 bits per heavy atom. The van der Waals surface area contributed by atoms with Crippen molar-refractivity contribution < 1.29 is 8.42 Å². The first-order chi connectivity index (χ1) is 12.6. The van der Waals surface area contributed by atoms with Gasteiger partial charge in [0.1, 0.15) is 0 Å². The molecule has 1 atom stereocenters. The van der Waals surface area contributed by atoms with Crippen molar-refractivity contribution in [3.63, 3.8) is 0 Å². The number of hydrogen-bond donors (Lipinski definition) is 0. The molecule has 1 aliphatic heterocycles. The van der Waals surface area contributed by atoms with E-state index in [-0.39, 0.29) is 0 Å². The molecule has 1 fully saturated rings. The van der Waals surface area contributed by atoms with Crippen molar-refractivity contribution in [1.82, 2.24) is 9.21 Å². The first-order valence-electron chi connectivity index (χ1n) is 9.49. The summed E-state index contributed by atoms with van der Waals surface area (Å²) >= 11 is 0. The molecule has 1 heterocycles. The fraction of sp³-hybridized carbons (Fsp3) is 0.429. The molecule has 4 nitrogen and oxygen atoms in total. The first kappa shape index (κ1) is 17.7. The lowest BCUT2D eigenvalue weighted by molar-refractivity contribution is 0.161. The summed E-state index contributed by atoms with van der Waals surface area (Å²) in [5.41, 5.74) is 0. The molecule has 0 radical (unpaired) electrons. The topological polar surface area (TPSA) is 40.6 Å². The number of fused-ring (bicyclic) bond motifs is 1. The van der Waals surface area contributed by atoms with E-state index in [0.29, 0.717) is 18.0 Å². The first-order valence-corrected chi connectivity index (χ1v) is 10.9. The Kier molecular flexibility index (Phi) is 5.11. The average Bonchev–Trinajstić information content (AvgIpc) is 2.69. The second-order valence-electron chi connectivity index (χ2n) is 7.36. The molecular weight excluding hydrogens is 344 g/mol. The number of rotatable bonds is 4. The van der Waals surface area contributed by atoms with Crippen LogP contribution in [-0.2, 0) is 10.0 Å². The van der Waals surface area contributed by atoms with Gasteiger partial charge in [0.15, 0.2) is 0 Å². The van der Waals surface area contributed by atoms with E-state index in [0.717, 1.165) is 42.7 Å². The lowest BCUT2D eigenvalue weighted by Gasteiger charge is -2.36. The summed E-state index contributed by atoms with van der Waals surface area (Å²) in [5, 5.41) is 2.04. The molecule has 0 saturated carbocycles. The van der Waals surface area contributed by atoms with E-state index < -0.39 is 10.0 Å². The van der Waals surface area contributed by atoms with Crippen LogP contribution in [0.1, 0.15) is 19.3 Å². The minimum absolute atomic E-state index is 0.405. The average molecular weight is 371 g/mol. The molecular formula is C21H26N2O2S. The summed E-state index contributed by atoms with van der Waals surface area (Å²) in [6.07, 6.45) is 8.15. The quantitative estimate of drug-likeness (QED) is 0.774. The Balaban J connectivity index is 1.43. The smallest absolute Gasteiger partial charge is 0.243 e. The zero-order valence-corrected chi connectivity index (χ0v) is 15.9. The standard InChI is InChI=1S/C21H26N2O2S/c24-26(25,21-11-10-19-8-4-5-9-20(19)16-21)23-14-12-22(13-15-23)17-18-6-2-1-3-7-18/h1-2,4-5,8-11,16,18H,3,6-7,12-15,17H2/t18-/m1/s1. The van der Waals surface area contributed by atoms with Gasteiger partial charge in [-0.2, -0.15) is 4.31 Å². The van der Waals surface area contributed by atoms with Gasteiger partial charge in [-0.3, -0.25) is 0 Å². The molecule has 138 valence electrons. The van der Waals surface area contributed by atoms with Crippen molar-refractivity contribution in [2.24, 2.45) is 5.92 Å². The van der Waals surface area contributed by atoms with Crippen molar-refractivity contribution in [3.05, 3.63) is 54.6 Å². The highest BCUT2D eigenvalue weighted by Gasteiger charge is 2.29. The van der Waals surface area contributed by atoms with Gasteiger partial charge in [-0.05, 0) is 48.1 Å². The Morgan fingerprint density at radius 1 is 0.923 bits per heavy atom. The van der Waals surface area contributed by atoms with Crippen LogP contribution in [0.25, 0.3) is 10.8 Å². The van der Waals surface area contributed by atoms with Crippen LogP contribution in [0.15, 0.2) is 59.5 Å². The van der Waals surface area contributed by atoms with E-state index >= 15 is 0 Å². The third-order valence-corrected chi connectivity index (χ3v) is 7.48. The summed E-state index contributed by atoms with van der Waals surface area (Å²) < 4.78 is 27.7. The summed E-state index contributed by atoms with van der Waals surface area (Å²) in [7, 11) is -3.41. The Hall–Kier alpha value is -1.69. The van der Waals surface area contributed by atoms with Gasteiger partial charge in [-0.15, -0.1) is 0 Å². The summed E-state index contributed by atoms with van der Waals surface area (Å²) in [4.78, 5) is 2.83. The molecule has 0 bridgehead atoms. The summed E-state index contributed by atoms with van der Waals surface area (Å²) in [5.74, 6) is 0.726. The molecule has 0 spiro atoms. The maximum atomic E-state index is 13.0. The van der Waals surface area contributed by atoms with Crippen molar-refractivity contribution in [2.75, 3.05) is 32.7 Å². The summed E-state index contributed by atoms with van der Waals surface area (Å²) in [6.45, 7) is 3.91. The number of piperazine rings is 1. The molecule has 4 rings (SSSR count). The van der Waals surface area contributed by atoms with E-state index in [1.165, 1.54) is 12.8 Å². The number of hydrogen-bond acceptors (Lipinski definition) is 3. The second-order valence-corrected chi connectivity index (χ2v) is 9.30. The van der Waals surface area contributed by atoms with Gasteiger partial charge >= 0.3 is 0 Å². The molecule has 26 heavy (non-hydrogen) atoms. The molecule has 5 heteroatoms. The van der Waals surface area contributed by atoms with Crippen molar-refractivity contribution in [1.29, 1.82) is 0 Å². The monoisotopic (exact) mass is 370 g/mol. The van der Waals surface area contributed by atoms with Crippen molar-refractivity contribution in [3.8, 4) is 0 Å². The van der Waals surface area contributed by atoms with Crippen LogP contribution < -0.4 is 0 Å². The molecule has 2 aromatic carbocycles. The normalized spacial score (nSPS) is 22.7. The predicted molar refractivity (Wildman–Crippen MR) is 106 cm³/mol. The van der Waals surface area contributed by atoms with E-state index in [1.807, 2.05) is 30.3 Å².